The summed E-state index contributed by atoms with van der Waals surface area (Å²) in [6.07, 6.45) is 1.71. The molecule has 0 spiro atoms. The van der Waals surface area contributed by atoms with Gasteiger partial charge in [-0.15, -0.1) is 0 Å². The molecule has 8 nitrogen and oxygen atoms in total. The summed E-state index contributed by atoms with van der Waals surface area (Å²) >= 11 is 0. The van der Waals surface area contributed by atoms with E-state index in [1.807, 2.05) is 27.1 Å². The molecule has 0 aliphatic carbocycles. The third-order valence-electron chi connectivity index (χ3n) is 2.30. The number of nitrogens with zero attached hydrogens (tertiary/aromatic N) is 6. The molecule has 0 fully saturated rings. The molecule has 100 valence electrons. The van der Waals surface area contributed by atoms with Crippen LogP contribution in [0.1, 0.15) is 11.5 Å². The Morgan fingerprint density at radius 2 is 2.00 bits per heavy atom. The molecule has 2 aromatic heterocycles. The van der Waals surface area contributed by atoms with Crippen LogP contribution in [0, 0.1) is 6.92 Å². The smallest absolute Gasteiger partial charge is 0.231 e. The topological polar surface area (TPSA) is 106 Å². The Hall–Kier alpha value is -2.51. The van der Waals surface area contributed by atoms with Crippen molar-refractivity contribution in [2.45, 2.75) is 13.5 Å². The second-order valence-electron chi connectivity index (χ2n) is 4.16. The van der Waals surface area contributed by atoms with Crippen LogP contribution in [0.25, 0.3) is 0 Å². The summed E-state index contributed by atoms with van der Waals surface area (Å²) in [5, 5.41) is 3.07. The highest BCUT2D eigenvalue weighted by Crippen LogP contribution is 2.09. The van der Waals surface area contributed by atoms with Crippen molar-refractivity contribution in [1.82, 2.24) is 24.9 Å². The van der Waals surface area contributed by atoms with Crippen LogP contribution in [0.5, 0.6) is 0 Å². The van der Waals surface area contributed by atoms with E-state index in [9.17, 15) is 0 Å². The minimum absolute atomic E-state index is 0.181. The van der Waals surface area contributed by atoms with Crippen LogP contribution in [0.2, 0.25) is 0 Å². The molecule has 2 aromatic rings. The predicted molar refractivity (Wildman–Crippen MR) is 72.7 cm³/mol. The van der Waals surface area contributed by atoms with Crippen molar-refractivity contribution in [3.8, 4) is 0 Å². The monoisotopic (exact) mass is 260 g/mol. The van der Waals surface area contributed by atoms with E-state index in [0.29, 0.717) is 18.4 Å². The SMILES string of the molecule is Cc1nccc(CNc2nc(N)nc(N(C)C)n2)n1. The second-order valence-corrected chi connectivity index (χ2v) is 4.16. The first kappa shape index (κ1) is 12.9. The van der Waals surface area contributed by atoms with Crippen molar-refractivity contribution in [1.29, 1.82) is 0 Å². The summed E-state index contributed by atoms with van der Waals surface area (Å²) in [7, 11) is 3.68. The molecule has 0 aliphatic heterocycles. The van der Waals surface area contributed by atoms with E-state index in [2.05, 4.69) is 30.2 Å². The lowest BCUT2D eigenvalue weighted by Crippen LogP contribution is -2.16. The number of anilines is 3. The zero-order valence-corrected chi connectivity index (χ0v) is 11.1. The van der Waals surface area contributed by atoms with Crippen molar-refractivity contribution in [3.05, 3.63) is 23.8 Å². The molecule has 0 aromatic carbocycles. The van der Waals surface area contributed by atoms with Gasteiger partial charge in [-0.05, 0) is 13.0 Å². The minimum Gasteiger partial charge on any atom is -0.368 e. The van der Waals surface area contributed by atoms with Crippen LogP contribution in [0.3, 0.4) is 0 Å². The van der Waals surface area contributed by atoms with Gasteiger partial charge in [0, 0.05) is 20.3 Å². The van der Waals surface area contributed by atoms with Gasteiger partial charge in [-0.2, -0.15) is 15.0 Å². The van der Waals surface area contributed by atoms with Crippen LogP contribution in [-0.2, 0) is 6.54 Å². The summed E-state index contributed by atoms with van der Waals surface area (Å²) < 4.78 is 0. The van der Waals surface area contributed by atoms with E-state index in [1.165, 1.54) is 0 Å². The maximum atomic E-state index is 5.64. The standard InChI is InChI=1S/C11H16N8/c1-7-13-5-4-8(15-7)6-14-10-16-9(12)17-11(18-10)19(2)3/h4-5H,6H2,1-3H3,(H3,12,14,16,17,18). The van der Waals surface area contributed by atoms with Crippen molar-refractivity contribution in [2.24, 2.45) is 0 Å². The Morgan fingerprint density at radius 3 is 2.68 bits per heavy atom. The lowest BCUT2D eigenvalue weighted by atomic mass is 10.4. The highest BCUT2D eigenvalue weighted by atomic mass is 15.3. The average molecular weight is 260 g/mol. The zero-order chi connectivity index (χ0) is 13.8. The van der Waals surface area contributed by atoms with Crippen LogP contribution in [0.15, 0.2) is 12.3 Å². The molecule has 8 heteroatoms. The molecule has 0 atom stereocenters. The molecule has 0 unspecified atom stereocenters. The lowest BCUT2D eigenvalue weighted by Gasteiger charge is -2.12. The molecular weight excluding hydrogens is 244 g/mol. The zero-order valence-electron chi connectivity index (χ0n) is 11.1. The molecule has 2 heterocycles. The Balaban J connectivity index is 2.11. The van der Waals surface area contributed by atoms with Gasteiger partial charge in [0.05, 0.1) is 12.2 Å². The number of rotatable bonds is 4. The number of nitrogens with one attached hydrogen (secondary N) is 1. The molecule has 3 N–H and O–H groups in total. The average Bonchev–Trinajstić information content (AvgIpc) is 2.36. The summed E-state index contributed by atoms with van der Waals surface area (Å²) in [5.74, 6) is 1.84. The van der Waals surface area contributed by atoms with Gasteiger partial charge >= 0.3 is 0 Å². The molecule has 0 amide bonds. The molecule has 19 heavy (non-hydrogen) atoms. The lowest BCUT2D eigenvalue weighted by molar-refractivity contribution is 0.919. The molecule has 2 rings (SSSR count). The van der Waals surface area contributed by atoms with E-state index in [0.717, 1.165) is 11.5 Å². The predicted octanol–water partition coefficient (Wildman–Crippen LogP) is 0.230. The van der Waals surface area contributed by atoms with Gasteiger partial charge < -0.3 is 16.0 Å². The van der Waals surface area contributed by atoms with Gasteiger partial charge in [-0.1, -0.05) is 0 Å². The van der Waals surface area contributed by atoms with Gasteiger partial charge in [0.2, 0.25) is 17.8 Å². The highest BCUT2D eigenvalue weighted by Gasteiger charge is 2.06. The first-order chi connectivity index (χ1) is 9.04. The van der Waals surface area contributed by atoms with Gasteiger partial charge in [0.25, 0.3) is 0 Å². The Bertz CT molecular complexity index is 568. The van der Waals surface area contributed by atoms with Gasteiger partial charge in [0.1, 0.15) is 5.82 Å². The first-order valence-electron chi connectivity index (χ1n) is 5.76. The molecule has 0 bridgehead atoms. The summed E-state index contributed by atoms with van der Waals surface area (Å²) in [6.45, 7) is 2.34. The highest BCUT2D eigenvalue weighted by molar-refractivity contribution is 5.40. The van der Waals surface area contributed by atoms with Gasteiger partial charge in [-0.25, -0.2) is 9.97 Å². The van der Waals surface area contributed by atoms with E-state index in [-0.39, 0.29) is 5.95 Å². The summed E-state index contributed by atoms with van der Waals surface area (Å²) in [6, 6.07) is 1.83. The fraction of sp³-hybridized carbons (Fsp3) is 0.364. The number of aryl methyl sites for hydroxylation is 1. The maximum absolute atomic E-state index is 5.64. The van der Waals surface area contributed by atoms with Crippen LogP contribution in [0.4, 0.5) is 17.8 Å². The van der Waals surface area contributed by atoms with E-state index < -0.39 is 0 Å². The fourth-order valence-corrected chi connectivity index (χ4v) is 1.43. The van der Waals surface area contributed by atoms with E-state index in [1.54, 1.807) is 11.1 Å². The molecule has 0 saturated carbocycles. The van der Waals surface area contributed by atoms with Crippen molar-refractivity contribution >= 4 is 17.8 Å². The summed E-state index contributed by atoms with van der Waals surface area (Å²) in [4.78, 5) is 22.4. The van der Waals surface area contributed by atoms with Gasteiger partial charge in [-0.3, -0.25) is 0 Å². The molecule has 0 saturated heterocycles. The van der Waals surface area contributed by atoms with Crippen LogP contribution >= 0.6 is 0 Å². The number of hydrogen-bond donors (Lipinski definition) is 2. The van der Waals surface area contributed by atoms with Crippen LogP contribution < -0.4 is 16.0 Å². The maximum Gasteiger partial charge on any atom is 0.231 e. The Labute approximate surface area is 111 Å². The van der Waals surface area contributed by atoms with Gasteiger partial charge in [0.15, 0.2) is 0 Å². The Kier molecular flexibility index (Phi) is 3.69. The van der Waals surface area contributed by atoms with Crippen LogP contribution in [-0.4, -0.2) is 39.0 Å². The third kappa shape index (κ3) is 3.47. The number of nitrogen functional groups attached to an aromatic ring is 1. The molecule has 0 aliphatic rings. The third-order valence-corrected chi connectivity index (χ3v) is 2.30. The number of nitrogens with two attached hydrogens (primary N) is 1. The van der Waals surface area contributed by atoms with E-state index >= 15 is 0 Å². The number of hydrogen-bond acceptors (Lipinski definition) is 8. The summed E-state index contributed by atoms with van der Waals surface area (Å²) in [5.41, 5.74) is 6.49. The first-order valence-corrected chi connectivity index (χ1v) is 5.76. The fourth-order valence-electron chi connectivity index (χ4n) is 1.43. The molecular formula is C11H16N8. The quantitative estimate of drug-likeness (QED) is 0.804. The minimum atomic E-state index is 0.181. The van der Waals surface area contributed by atoms with Crippen molar-refractivity contribution in [3.63, 3.8) is 0 Å². The van der Waals surface area contributed by atoms with E-state index in [4.69, 9.17) is 5.73 Å². The second kappa shape index (κ2) is 5.42. The molecule has 0 radical (unpaired) electrons. The van der Waals surface area contributed by atoms with Crippen molar-refractivity contribution < 1.29 is 0 Å². The van der Waals surface area contributed by atoms with Crippen molar-refractivity contribution in [2.75, 3.05) is 30.0 Å². The largest absolute Gasteiger partial charge is 0.368 e. The normalized spacial score (nSPS) is 10.3. The number of aromatic nitrogens is 5. The Morgan fingerprint density at radius 1 is 1.21 bits per heavy atom.